The number of ketones is 1. The van der Waals surface area contributed by atoms with Crippen molar-refractivity contribution in [1.82, 2.24) is 0 Å². The fourth-order valence-electron chi connectivity index (χ4n) is 3.07. The first kappa shape index (κ1) is 15.3. The standard InChI is InChI=1S/C23H22O3/c1-3-26-23(25)22-16(2)14-19(17-10-6-4-7-11-17)20(22)15-21(24)18-12-8-5-9-13-18/h4-13H,3,14-15H2,1-2H3/i14D2. The summed E-state index contributed by atoms with van der Waals surface area (Å²) in [5, 5.41) is 0. The Hall–Kier alpha value is -2.94. The van der Waals surface area contributed by atoms with E-state index in [-0.39, 0.29) is 30.0 Å². The van der Waals surface area contributed by atoms with Gasteiger partial charge in [-0.05, 0) is 36.9 Å². The Morgan fingerprint density at radius 3 is 2.27 bits per heavy atom. The van der Waals surface area contributed by atoms with Crippen LogP contribution in [0.1, 0.15) is 45.3 Å². The number of carbonyl (C=O) groups is 2. The quantitative estimate of drug-likeness (QED) is 0.545. The Labute approximate surface area is 156 Å². The van der Waals surface area contributed by atoms with Gasteiger partial charge in [0.15, 0.2) is 5.78 Å². The number of Topliss-reactive ketones (excluding diaryl/α,β-unsaturated/α-hetero) is 1. The molecule has 0 radical (unpaired) electrons. The first-order valence-corrected chi connectivity index (χ1v) is 8.64. The van der Waals surface area contributed by atoms with E-state index in [0.717, 1.165) is 0 Å². The molecule has 0 saturated heterocycles. The average molecular weight is 348 g/mol. The molecule has 0 heterocycles. The first-order chi connectivity index (χ1) is 13.4. The lowest BCUT2D eigenvalue weighted by molar-refractivity contribution is -0.138. The van der Waals surface area contributed by atoms with Crippen LogP contribution in [0, 0.1) is 0 Å². The van der Waals surface area contributed by atoms with E-state index in [4.69, 9.17) is 7.48 Å². The van der Waals surface area contributed by atoms with Crippen molar-refractivity contribution in [3.8, 4) is 0 Å². The molecule has 0 aromatic heterocycles. The van der Waals surface area contributed by atoms with Gasteiger partial charge in [0.25, 0.3) is 0 Å². The van der Waals surface area contributed by atoms with Gasteiger partial charge >= 0.3 is 5.97 Å². The van der Waals surface area contributed by atoms with Gasteiger partial charge in [0.1, 0.15) is 0 Å². The van der Waals surface area contributed by atoms with Crippen molar-refractivity contribution in [2.45, 2.75) is 26.6 Å². The number of allylic oxidation sites excluding steroid dienone is 2. The van der Waals surface area contributed by atoms with E-state index >= 15 is 0 Å². The molecule has 2 aromatic rings. The van der Waals surface area contributed by atoms with Gasteiger partial charge in [0.05, 0.1) is 12.2 Å². The van der Waals surface area contributed by atoms with Crippen molar-refractivity contribution in [2.24, 2.45) is 0 Å². The lowest BCUT2D eigenvalue weighted by Crippen LogP contribution is -2.12. The lowest BCUT2D eigenvalue weighted by Gasteiger charge is -2.12. The highest BCUT2D eigenvalue weighted by Gasteiger charge is 2.30. The van der Waals surface area contributed by atoms with Crippen LogP contribution >= 0.6 is 0 Å². The number of rotatable bonds is 6. The molecule has 1 aliphatic rings. The summed E-state index contributed by atoms with van der Waals surface area (Å²) in [6.07, 6.45) is -1.94. The summed E-state index contributed by atoms with van der Waals surface area (Å²) in [6, 6.07) is 17.9. The molecule has 0 atom stereocenters. The maximum atomic E-state index is 12.9. The minimum absolute atomic E-state index is 0.0702. The number of benzene rings is 2. The smallest absolute Gasteiger partial charge is 0.338 e. The third-order valence-electron chi connectivity index (χ3n) is 4.27. The summed E-state index contributed by atoms with van der Waals surface area (Å²) in [4.78, 5) is 25.5. The van der Waals surface area contributed by atoms with E-state index in [2.05, 4.69) is 0 Å². The average Bonchev–Trinajstić information content (AvgIpc) is 2.88. The molecule has 2 aromatic carbocycles. The Morgan fingerprint density at radius 2 is 1.65 bits per heavy atom. The van der Waals surface area contributed by atoms with Gasteiger partial charge in [-0.25, -0.2) is 4.79 Å². The van der Waals surface area contributed by atoms with Crippen LogP contribution in [0.25, 0.3) is 5.57 Å². The van der Waals surface area contributed by atoms with Crippen LogP contribution in [0.4, 0.5) is 0 Å². The second kappa shape index (κ2) is 7.96. The highest BCUT2D eigenvalue weighted by atomic mass is 16.5. The second-order valence-electron chi connectivity index (χ2n) is 6.03. The Kier molecular flexibility index (Phi) is 4.69. The maximum absolute atomic E-state index is 12.9. The van der Waals surface area contributed by atoms with E-state index in [0.29, 0.717) is 22.3 Å². The van der Waals surface area contributed by atoms with Crippen molar-refractivity contribution >= 4 is 17.3 Å². The third kappa shape index (κ3) is 3.67. The zero-order chi connectivity index (χ0) is 20.3. The fraction of sp³-hybridized carbons (Fsp3) is 0.217. The van der Waals surface area contributed by atoms with Gasteiger partial charge in [0.2, 0.25) is 0 Å². The Morgan fingerprint density at radius 1 is 1.04 bits per heavy atom. The molecule has 3 nitrogen and oxygen atoms in total. The fourth-order valence-corrected chi connectivity index (χ4v) is 3.07. The predicted molar refractivity (Wildman–Crippen MR) is 103 cm³/mol. The number of carbonyl (C=O) groups excluding carboxylic acids is 2. The van der Waals surface area contributed by atoms with Crippen LogP contribution in [-0.2, 0) is 9.53 Å². The summed E-state index contributed by atoms with van der Waals surface area (Å²) >= 11 is 0. The predicted octanol–water partition coefficient (Wildman–Crippen LogP) is 5.00. The molecule has 0 fully saturated rings. The summed E-state index contributed by atoms with van der Waals surface area (Å²) < 4.78 is 22.5. The molecule has 0 aliphatic heterocycles. The van der Waals surface area contributed by atoms with Crippen LogP contribution in [0.3, 0.4) is 0 Å². The highest BCUT2D eigenvalue weighted by Crippen LogP contribution is 2.40. The molecule has 0 bridgehead atoms. The second-order valence-corrected chi connectivity index (χ2v) is 6.03. The summed E-state index contributed by atoms with van der Waals surface area (Å²) in [6.45, 7) is 3.47. The van der Waals surface area contributed by atoms with Crippen LogP contribution in [0.15, 0.2) is 77.4 Å². The third-order valence-corrected chi connectivity index (χ3v) is 4.27. The van der Waals surface area contributed by atoms with Gasteiger partial charge in [-0.3, -0.25) is 4.79 Å². The van der Waals surface area contributed by atoms with E-state index < -0.39 is 12.3 Å². The molecular formula is C23H22O3. The Balaban J connectivity index is 2.16. The minimum atomic E-state index is -1.87. The van der Waals surface area contributed by atoms with Gasteiger partial charge in [-0.2, -0.15) is 0 Å². The lowest BCUT2D eigenvalue weighted by atomic mass is 9.93. The van der Waals surface area contributed by atoms with Crippen molar-refractivity contribution in [3.05, 3.63) is 88.5 Å². The van der Waals surface area contributed by atoms with Gasteiger partial charge in [0, 0.05) is 14.7 Å². The van der Waals surface area contributed by atoms with Crippen molar-refractivity contribution in [3.63, 3.8) is 0 Å². The SMILES string of the molecule is [2H]C1([2H])C(C)=C(C(=O)OCC)C(CC(=O)c2ccccc2)=C1c1ccccc1. The molecule has 0 amide bonds. The molecular weight excluding hydrogens is 324 g/mol. The normalized spacial score (nSPS) is 17.0. The van der Waals surface area contributed by atoms with E-state index in [1.165, 1.54) is 0 Å². The van der Waals surface area contributed by atoms with Crippen LogP contribution in [-0.4, -0.2) is 18.4 Å². The van der Waals surface area contributed by atoms with E-state index in [1.54, 1.807) is 50.2 Å². The number of hydrogen-bond acceptors (Lipinski definition) is 3. The zero-order valence-electron chi connectivity index (χ0n) is 16.9. The molecule has 26 heavy (non-hydrogen) atoms. The highest BCUT2D eigenvalue weighted by molar-refractivity contribution is 6.06. The van der Waals surface area contributed by atoms with Gasteiger partial charge < -0.3 is 4.74 Å². The largest absolute Gasteiger partial charge is 0.462 e. The van der Waals surface area contributed by atoms with Gasteiger partial charge in [-0.15, -0.1) is 0 Å². The molecule has 3 heteroatoms. The first-order valence-electron chi connectivity index (χ1n) is 9.64. The topological polar surface area (TPSA) is 43.4 Å². The molecule has 0 spiro atoms. The van der Waals surface area contributed by atoms with Crippen LogP contribution in [0.5, 0.6) is 0 Å². The Bertz CT molecular complexity index is 958. The van der Waals surface area contributed by atoms with E-state index in [1.807, 2.05) is 24.3 Å². The van der Waals surface area contributed by atoms with Gasteiger partial charge in [-0.1, -0.05) is 66.2 Å². The monoisotopic (exact) mass is 348 g/mol. The van der Waals surface area contributed by atoms with Crippen LogP contribution < -0.4 is 0 Å². The number of ether oxygens (including phenoxy) is 1. The number of esters is 1. The van der Waals surface area contributed by atoms with Crippen LogP contribution in [0.2, 0.25) is 0 Å². The molecule has 0 N–H and O–H groups in total. The molecule has 1 aliphatic carbocycles. The van der Waals surface area contributed by atoms with Crippen molar-refractivity contribution in [1.29, 1.82) is 0 Å². The summed E-state index contributed by atoms with van der Waals surface area (Å²) in [5.74, 6) is -0.762. The van der Waals surface area contributed by atoms with E-state index in [9.17, 15) is 9.59 Å². The molecule has 0 unspecified atom stereocenters. The molecule has 0 saturated carbocycles. The zero-order valence-corrected chi connectivity index (χ0v) is 14.9. The summed E-state index contributed by atoms with van der Waals surface area (Å²) in [7, 11) is 0. The summed E-state index contributed by atoms with van der Waals surface area (Å²) in [5.41, 5.74) is 2.40. The molecule has 3 rings (SSSR count). The molecule has 132 valence electrons. The number of hydrogen-bond donors (Lipinski definition) is 0. The van der Waals surface area contributed by atoms with Crippen molar-refractivity contribution in [2.75, 3.05) is 6.61 Å². The van der Waals surface area contributed by atoms with Crippen molar-refractivity contribution < 1.29 is 17.1 Å². The minimum Gasteiger partial charge on any atom is -0.462 e. The maximum Gasteiger partial charge on any atom is 0.338 e.